The molecule has 1 amide bonds. The minimum atomic E-state index is -0.219. The Kier molecular flexibility index (Phi) is 2.03. The number of benzene rings is 1. The van der Waals surface area contributed by atoms with Gasteiger partial charge in [0, 0.05) is 12.5 Å². The van der Waals surface area contributed by atoms with Gasteiger partial charge in [-0.1, -0.05) is 18.6 Å². The molecule has 1 heterocycles. The van der Waals surface area contributed by atoms with Crippen LogP contribution in [0, 0.1) is 11.2 Å². The summed E-state index contributed by atoms with van der Waals surface area (Å²) in [7, 11) is 0. The lowest BCUT2D eigenvalue weighted by molar-refractivity contribution is -0.132. The second kappa shape index (κ2) is 3.30. The van der Waals surface area contributed by atoms with Crippen molar-refractivity contribution in [2.45, 2.75) is 25.2 Å². The molecular formula is C13H14FNO. The number of amides is 1. The summed E-state index contributed by atoms with van der Waals surface area (Å²) in [4.78, 5) is 11.8. The van der Waals surface area contributed by atoms with Crippen molar-refractivity contribution in [3.8, 4) is 0 Å². The SMILES string of the molecule is O=C1NCC(c2ccc(F)cc2)C12CCC2. The highest BCUT2D eigenvalue weighted by atomic mass is 19.1. The van der Waals surface area contributed by atoms with Gasteiger partial charge in [-0.25, -0.2) is 4.39 Å². The zero-order chi connectivity index (χ0) is 11.2. The number of nitrogens with one attached hydrogen (secondary N) is 1. The second-order valence-corrected chi connectivity index (χ2v) is 4.82. The molecule has 1 saturated carbocycles. The van der Waals surface area contributed by atoms with E-state index >= 15 is 0 Å². The monoisotopic (exact) mass is 219 g/mol. The molecule has 1 N–H and O–H groups in total. The topological polar surface area (TPSA) is 29.1 Å². The fourth-order valence-corrected chi connectivity index (χ4v) is 2.99. The molecule has 1 aliphatic carbocycles. The van der Waals surface area contributed by atoms with Crippen molar-refractivity contribution in [3.05, 3.63) is 35.6 Å². The van der Waals surface area contributed by atoms with Gasteiger partial charge in [0.15, 0.2) is 0 Å². The van der Waals surface area contributed by atoms with Crippen molar-refractivity contribution < 1.29 is 9.18 Å². The summed E-state index contributed by atoms with van der Waals surface area (Å²) in [5.74, 6) is 0.200. The van der Waals surface area contributed by atoms with E-state index in [0.717, 1.165) is 24.8 Å². The first kappa shape index (κ1) is 9.82. The molecule has 2 fully saturated rings. The number of hydrogen-bond acceptors (Lipinski definition) is 1. The van der Waals surface area contributed by atoms with Gasteiger partial charge in [0.05, 0.1) is 5.41 Å². The maximum absolute atomic E-state index is 12.9. The van der Waals surface area contributed by atoms with E-state index in [2.05, 4.69) is 5.32 Å². The predicted molar refractivity (Wildman–Crippen MR) is 58.4 cm³/mol. The summed E-state index contributed by atoms with van der Waals surface area (Å²) in [6.45, 7) is 0.699. The molecule has 1 saturated heterocycles. The van der Waals surface area contributed by atoms with Gasteiger partial charge in [0.1, 0.15) is 5.82 Å². The number of rotatable bonds is 1. The highest BCUT2D eigenvalue weighted by Crippen LogP contribution is 2.53. The molecule has 1 spiro atoms. The van der Waals surface area contributed by atoms with E-state index < -0.39 is 0 Å². The third-order valence-electron chi connectivity index (χ3n) is 4.10. The van der Waals surface area contributed by atoms with E-state index in [9.17, 15) is 9.18 Å². The normalized spacial score (nSPS) is 26.6. The first-order chi connectivity index (χ1) is 7.72. The van der Waals surface area contributed by atoms with Gasteiger partial charge >= 0.3 is 0 Å². The molecule has 84 valence electrons. The smallest absolute Gasteiger partial charge is 0.226 e. The van der Waals surface area contributed by atoms with Crippen LogP contribution in [0.4, 0.5) is 4.39 Å². The highest BCUT2D eigenvalue weighted by Gasteiger charge is 2.54. The van der Waals surface area contributed by atoms with Crippen LogP contribution in [0.3, 0.4) is 0 Å². The maximum atomic E-state index is 12.9. The molecule has 0 radical (unpaired) electrons. The Labute approximate surface area is 93.9 Å². The molecule has 3 heteroatoms. The van der Waals surface area contributed by atoms with Crippen LogP contribution in [0.25, 0.3) is 0 Å². The fourth-order valence-electron chi connectivity index (χ4n) is 2.99. The zero-order valence-electron chi connectivity index (χ0n) is 9.00. The molecule has 1 aromatic carbocycles. The predicted octanol–water partition coefficient (Wildman–Crippen LogP) is 2.21. The molecule has 16 heavy (non-hydrogen) atoms. The van der Waals surface area contributed by atoms with Crippen molar-refractivity contribution in [2.75, 3.05) is 6.54 Å². The number of carbonyl (C=O) groups excluding carboxylic acids is 1. The minimum Gasteiger partial charge on any atom is -0.355 e. The van der Waals surface area contributed by atoms with Gasteiger partial charge in [-0.05, 0) is 30.5 Å². The lowest BCUT2D eigenvalue weighted by atomic mass is 9.61. The van der Waals surface area contributed by atoms with Crippen LogP contribution in [0.15, 0.2) is 24.3 Å². The average molecular weight is 219 g/mol. The molecule has 0 bridgehead atoms. The Balaban J connectivity index is 1.95. The maximum Gasteiger partial charge on any atom is 0.226 e. The average Bonchev–Trinajstić information content (AvgIpc) is 2.56. The van der Waals surface area contributed by atoms with Gasteiger partial charge < -0.3 is 5.32 Å². The van der Waals surface area contributed by atoms with E-state index in [1.807, 2.05) is 0 Å². The first-order valence-corrected chi connectivity index (χ1v) is 5.76. The van der Waals surface area contributed by atoms with Crippen LogP contribution >= 0.6 is 0 Å². The fraction of sp³-hybridized carbons (Fsp3) is 0.462. The summed E-state index contributed by atoms with van der Waals surface area (Å²) in [5.41, 5.74) is 0.900. The highest BCUT2D eigenvalue weighted by molar-refractivity contribution is 5.87. The number of carbonyl (C=O) groups is 1. The largest absolute Gasteiger partial charge is 0.355 e. The Morgan fingerprint density at radius 3 is 2.50 bits per heavy atom. The Bertz CT molecular complexity index is 422. The summed E-state index contributed by atoms with van der Waals surface area (Å²) in [6.07, 6.45) is 3.08. The molecule has 2 aliphatic rings. The van der Waals surface area contributed by atoms with E-state index in [4.69, 9.17) is 0 Å². The van der Waals surface area contributed by atoms with Gasteiger partial charge in [0.25, 0.3) is 0 Å². The summed E-state index contributed by atoms with van der Waals surface area (Å²) in [5, 5.41) is 2.94. The second-order valence-electron chi connectivity index (χ2n) is 4.82. The minimum absolute atomic E-state index is 0.183. The van der Waals surface area contributed by atoms with Crippen molar-refractivity contribution in [2.24, 2.45) is 5.41 Å². The van der Waals surface area contributed by atoms with Crippen molar-refractivity contribution in [1.29, 1.82) is 0 Å². The van der Waals surface area contributed by atoms with E-state index in [0.29, 0.717) is 6.54 Å². The standard InChI is InChI=1S/C13H14FNO/c14-10-4-2-9(3-5-10)11-8-15-12(16)13(11)6-1-7-13/h2-5,11H,1,6-8H2,(H,15,16). The van der Waals surface area contributed by atoms with Crippen LogP contribution in [-0.4, -0.2) is 12.5 Å². The van der Waals surface area contributed by atoms with Crippen LogP contribution in [0.2, 0.25) is 0 Å². The molecular weight excluding hydrogens is 205 g/mol. The van der Waals surface area contributed by atoms with Gasteiger partial charge in [-0.2, -0.15) is 0 Å². The molecule has 1 aromatic rings. The summed E-state index contributed by atoms with van der Waals surface area (Å²) in [6, 6.07) is 6.57. The molecule has 1 unspecified atom stereocenters. The van der Waals surface area contributed by atoms with Crippen LogP contribution in [0.5, 0.6) is 0 Å². The Morgan fingerprint density at radius 2 is 1.94 bits per heavy atom. The number of halogens is 1. The van der Waals surface area contributed by atoms with Gasteiger partial charge in [-0.15, -0.1) is 0 Å². The van der Waals surface area contributed by atoms with E-state index in [1.54, 1.807) is 12.1 Å². The van der Waals surface area contributed by atoms with E-state index in [1.165, 1.54) is 12.1 Å². The van der Waals surface area contributed by atoms with Gasteiger partial charge in [0.2, 0.25) is 5.91 Å². The molecule has 3 rings (SSSR count). The molecule has 2 nitrogen and oxygen atoms in total. The third kappa shape index (κ3) is 1.20. The Morgan fingerprint density at radius 1 is 1.25 bits per heavy atom. The molecule has 0 aromatic heterocycles. The van der Waals surface area contributed by atoms with Crippen LogP contribution in [-0.2, 0) is 4.79 Å². The van der Waals surface area contributed by atoms with Crippen LogP contribution < -0.4 is 5.32 Å². The zero-order valence-corrected chi connectivity index (χ0v) is 9.00. The Hall–Kier alpha value is -1.38. The lowest BCUT2D eigenvalue weighted by Gasteiger charge is -2.40. The van der Waals surface area contributed by atoms with Crippen molar-refractivity contribution in [1.82, 2.24) is 5.32 Å². The number of hydrogen-bond donors (Lipinski definition) is 1. The first-order valence-electron chi connectivity index (χ1n) is 5.76. The van der Waals surface area contributed by atoms with Crippen molar-refractivity contribution in [3.63, 3.8) is 0 Å². The van der Waals surface area contributed by atoms with Crippen molar-refractivity contribution >= 4 is 5.91 Å². The van der Waals surface area contributed by atoms with E-state index in [-0.39, 0.29) is 23.1 Å². The molecule has 1 aliphatic heterocycles. The summed E-state index contributed by atoms with van der Waals surface area (Å²) >= 11 is 0. The lowest BCUT2D eigenvalue weighted by Crippen LogP contribution is -2.40. The quantitative estimate of drug-likeness (QED) is 0.771. The molecule has 1 atom stereocenters. The van der Waals surface area contributed by atoms with Crippen LogP contribution in [0.1, 0.15) is 30.7 Å². The van der Waals surface area contributed by atoms with Gasteiger partial charge in [-0.3, -0.25) is 4.79 Å². The third-order valence-corrected chi connectivity index (χ3v) is 4.10. The summed E-state index contributed by atoms with van der Waals surface area (Å²) < 4.78 is 12.9.